The first-order valence-corrected chi connectivity index (χ1v) is 10.7. The van der Waals surface area contributed by atoms with Crippen LogP contribution < -0.4 is 4.99 Å². The van der Waals surface area contributed by atoms with Crippen molar-refractivity contribution < 1.29 is 14.6 Å². The molecule has 1 saturated carbocycles. The number of hydrogen-bond acceptors (Lipinski definition) is 2. The Balaban J connectivity index is 1.61. The molecule has 3 aliphatic rings. The van der Waals surface area contributed by atoms with Crippen molar-refractivity contribution in [3.8, 4) is 0 Å². The molecule has 0 radical (unpaired) electrons. The van der Waals surface area contributed by atoms with Crippen LogP contribution in [0.4, 0.5) is 0 Å². The second-order valence-electron chi connectivity index (χ2n) is 8.54. The molecule has 0 saturated heterocycles. The lowest BCUT2D eigenvalue weighted by atomic mass is 9.86. The number of hydrogen-bond donors (Lipinski definition) is 1. The molecule has 29 heavy (non-hydrogen) atoms. The Hall–Kier alpha value is -2.69. The second kappa shape index (κ2) is 8.36. The predicted molar refractivity (Wildman–Crippen MR) is 114 cm³/mol. The van der Waals surface area contributed by atoms with Crippen molar-refractivity contribution in [3.63, 3.8) is 0 Å². The average Bonchev–Trinajstić information content (AvgIpc) is 3.24. The minimum Gasteiger partial charge on any atom is -0.345 e. The van der Waals surface area contributed by atoms with Crippen LogP contribution in [0.3, 0.4) is 0 Å². The van der Waals surface area contributed by atoms with Crippen LogP contribution in [0.5, 0.6) is 0 Å². The lowest BCUT2D eigenvalue weighted by Crippen LogP contribution is -2.79. The molecule has 2 aliphatic heterocycles. The summed E-state index contributed by atoms with van der Waals surface area (Å²) in [5.41, 5.74) is 3.64. The molecule has 5 heteroatoms. The summed E-state index contributed by atoms with van der Waals surface area (Å²) < 4.78 is 0. The topological polar surface area (TPSA) is 54.6 Å². The Bertz CT molecular complexity index is 891. The summed E-state index contributed by atoms with van der Waals surface area (Å²) in [7, 11) is 3.52. The molecule has 1 unspecified atom stereocenters. The van der Waals surface area contributed by atoms with Gasteiger partial charge in [0, 0.05) is 49.6 Å². The molecule has 2 heterocycles. The first kappa shape index (κ1) is 19.6. The molecule has 1 aromatic carbocycles. The van der Waals surface area contributed by atoms with Gasteiger partial charge in [-0.2, -0.15) is 0 Å². The smallest absolute Gasteiger partial charge is 0.300 e. The van der Waals surface area contributed by atoms with Crippen LogP contribution in [0.2, 0.25) is 0 Å². The maximum Gasteiger partial charge on any atom is 0.300 e. The van der Waals surface area contributed by atoms with Gasteiger partial charge in [0.15, 0.2) is 6.21 Å². The third kappa shape index (κ3) is 4.04. The van der Waals surface area contributed by atoms with E-state index in [0.29, 0.717) is 5.56 Å². The number of nitrogens with one attached hydrogen (secondary N) is 1. The zero-order chi connectivity index (χ0) is 20.4. The Morgan fingerprint density at radius 3 is 2.76 bits per heavy atom. The number of benzene rings is 1. The lowest BCUT2D eigenvalue weighted by Gasteiger charge is -2.30. The number of fused-ring (bicyclic) bond motifs is 1. The third-order valence-corrected chi connectivity index (χ3v) is 6.29. The van der Waals surface area contributed by atoms with Gasteiger partial charge in [0.25, 0.3) is 17.9 Å². The number of nitrogens with zero attached hydrogens (tertiary/aromatic N) is 2. The normalized spacial score (nSPS) is 21.7. The van der Waals surface area contributed by atoms with Gasteiger partial charge in [0.2, 0.25) is 0 Å². The van der Waals surface area contributed by atoms with Crippen LogP contribution in [-0.2, 0) is 4.79 Å². The van der Waals surface area contributed by atoms with Crippen LogP contribution in [0.25, 0.3) is 5.57 Å². The fraction of sp³-hybridized carbons (Fsp3) is 0.458. The maximum atomic E-state index is 13.0. The summed E-state index contributed by atoms with van der Waals surface area (Å²) >= 11 is 0. The number of rotatable bonds is 5. The van der Waals surface area contributed by atoms with Crippen LogP contribution in [0.1, 0.15) is 54.4 Å². The number of carbonyl (C=O) groups is 2. The summed E-state index contributed by atoms with van der Waals surface area (Å²) in [5.74, 6) is 0.828. The minimum atomic E-state index is -0.324. The van der Waals surface area contributed by atoms with E-state index in [9.17, 15) is 9.59 Å². The van der Waals surface area contributed by atoms with Crippen molar-refractivity contribution in [2.45, 2.75) is 44.6 Å². The SMILES string of the molecule is CN(C)C(=O)c1cccc(C2=CN(CCC3CCCCC3)C(=O)C3[NH+]=CC=C23)c1. The van der Waals surface area contributed by atoms with Crippen molar-refractivity contribution in [2.24, 2.45) is 5.92 Å². The highest BCUT2D eigenvalue weighted by Crippen LogP contribution is 2.32. The third-order valence-electron chi connectivity index (χ3n) is 6.29. The van der Waals surface area contributed by atoms with Gasteiger partial charge in [0.05, 0.1) is 0 Å². The second-order valence-corrected chi connectivity index (χ2v) is 8.54. The van der Waals surface area contributed by atoms with Gasteiger partial charge in [-0.25, -0.2) is 4.99 Å². The fourth-order valence-electron chi connectivity index (χ4n) is 4.62. The molecule has 2 amide bonds. The molecule has 1 fully saturated rings. The molecule has 1 aromatic rings. The highest BCUT2D eigenvalue weighted by Gasteiger charge is 2.39. The lowest BCUT2D eigenvalue weighted by molar-refractivity contribution is -0.467. The Morgan fingerprint density at radius 1 is 1.21 bits per heavy atom. The molecule has 0 bridgehead atoms. The molecule has 5 nitrogen and oxygen atoms in total. The largest absolute Gasteiger partial charge is 0.345 e. The molecular weight excluding hydrogens is 362 g/mol. The first-order valence-electron chi connectivity index (χ1n) is 10.7. The molecule has 1 atom stereocenters. The summed E-state index contributed by atoms with van der Waals surface area (Å²) in [5, 5.41) is 0. The summed E-state index contributed by atoms with van der Waals surface area (Å²) in [6.07, 6.45) is 13.4. The number of allylic oxidation sites excluding steroid dienone is 1. The van der Waals surface area contributed by atoms with E-state index in [0.717, 1.165) is 35.6 Å². The van der Waals surface area contributed by atoms with Gasteiger partial charge in [-0.3, -0.25) is 9.59 Å². The monoisotopic (exact) mass is 392 g/mol. The van der Waals surface area contributed by atoms with Gasteiger partial charge in [-0.15, -0.1) is 0 Å². The van der Waals surface area contributed by atoms with Gasteiger partial charge < -0.3 is 9.80 Å². The van der Waals surface area contributed by atoms with Crippen LogP contribution in [0, 0.1) is 5.92 Å². The van der Waals surface area contributed by atoms with E-state index in [1.165, 1.54) is 32.1 Å². The molecular formula is C24H30N3O2+. The van der Waals surface area contributed by atoms with E-state index in [4.69, 9.17) is 0 Å². The zero-order valence-corrected chi connectivity index (χ0v) is 17.4. The number of amides is 2. The van der Waals surface area contributed by atoms with E-state index >= 15 is 0 Å². The fourth-order valence-corrected chi connectivity index (χ4v) is 4.62. The zero-order valence-electron chi connectivity index (χ0n) is 17.4. The van der Waals surface area contributed by atoms with E-state index in [1.54, 1.807) is 19.0 Å². The molecule has 1 aliphatic carbocycles. The van der Waals surface area contributed by atoms with Gasteiger partial charge in [-0.1, -0.05) is 44.2 Å². The van der Waals surface area contributed by atoms with E-state index in [-0.39, 0.29) is 17.9 Å². The summed E-state index contributed by atoms with van der Waals surface area (Å²) in [6, 6.07) is 7.38. The Labute approximate surface area is 172 Å². The molecule has 152 valence electrons. The molecule has 0 aromatic heterocycles. The van der Waals surface area contributed by atoms with E-state index < -0.39 is 0 Å². The van der Waals surface area contributed by atoms with Crippen molar-refractivity contribution in [1.82, 2.24) is 9.80 Å². The van der Waals surface area contributed by atoms with Crippen molar-refractivity contribution in [1.29, 1.82) is 0 Å². The average molecular weight is 393 g/mol. The summed E-state index contributed by atoms with van der Waals surface area (Å²) in [6.45, 7) is 0.759. The number of carbonyl (C=O) groups excluding carboxylic acids is 2. The molecule has 0 spiro atoms. The van der Waals surface area contributed by atoms with Crippen molar-refractivity contribution in [2.75, 3.05) is 20.6 Å². The van der Waals surface area contributed by atoms with Gasteiger partial charge in [-0.05, 0) is 30.0 Å². The Kier molecular flexibility index (Phi) is 5.65. The summed E-state index contributed by atoms with van der Waals surface area (Å²) in [4.78, 5) is 32.1. The van der Waals surface area contributed by atoms with Crippen LogP contribution >= 0.6 is 0 Å². The Morgan fingerprint density at radius 2 is 2.00 bits per heavy atom. The van der Waals surface area contributed by atoms with Gasteiger partial charge in [0.1, 0.15) is 0 Å². The van der Waals surface area contributed by atoms with Crippen LogP contribution in [-0.4, -0.2) is 54.5 Å². The van der Waals surface area contributed by atoms with E-state index in [1.807, 2.05) is 47.7 Å². The molecule has 4 rings (SSSR count). The standard InChI is InChI=1S/C24H29N3O2/c1-26(2)23(28)19-10-6-9-18(15-19)21-16-27(14-12-17-7-4-3-5-8-17)24(29)22-20(21)11-13-25-22/h6,9-11,13,15-17,22H,3-5,7-8,12,14H2,1-2H3/p+1. The highest BCUT2D eigenvalue weighted by molar-refractivity contribution is 6.02. The maximum absolute atomic E-state index is 13.0. The first-order chi connectivity index (χ1) is 14.0. The van der Waals surface area contributed by atoms with Crippen molar-refractivity contribution >= 4 is 23.6 Å². The van der Waals surface area contributed by atoms with Gasteiger partial charge >= 0.3 is 0 Å². The molecule has 1 N–H and O–H groups in total. The predicted octanol–water partition coefficient (Wildman–Crippen LogP) is 2.00. The van der Waals surface area contributed by atoms with E-state index in [2.05, 4.69) is 4.99 Å². The highest BCUT2D eigenvalue weighted by atomic mass is 16.2. The van der Waals surface area contributed by atoms with Crippen LogP contribution in [0.15, 0.2) is 42.1 Å². The quantitative estimate of drug-likeness (QED) is 0.833. The van der Waals surface area contributed by atoms with Crippen molar-refractivity contribution in [3.05, 3.63) is 53.2 Å². The minimum absolute atomic E-state index is 0.0184.